The standard InChI is InChI=1S/C18H22N6O.HI/c1-19-18(21-11-17-22-12-23-24(17)2)20-10-13-4-5-15-9-16(25-3)7-6-14(15)8-13;/h4-9,12H,10-11H2,1-3H3,(H2,19,20,21);1H. The number of halogens is 1. The van der Waals surface area contributed by atoms with Gasteiger partial charge in [0.15, 0.2) is 5.96 Å². The average molecular weight is 466 g/mol. The lowest BCUT2D eigenvalue weighted by Crippen LogP contribution is -2.36. The molecule has 1 heterocycles. The van der Waals surface area contributed by atoms with E-state index < -0.39 is 0 Å². The highest BCUT2D eigenvalue weighted by atomic mass is 127. The van der Waals surface area contributed by atoms with Crippen molar-refractivity contribution in [2.24, 2.45) is 12.0 Å². The second kappa shape index (κ2) is 9.37. The van der Waals surface area contributed by atoms with Crippen LogP contribution in [0.4, 0.5) is 0 Å². The van der Waals surface area contributed by atoms with Gasteiger partial charge < -0.3 is 15.4 Å². The third-order valence-electron chi connectivity index (χ3n) is 4.01. The number of benzene rings is 2. The molecule has 0 bridgehead atoms. The van der Waals surface area contributed by atoms with Crippen LogP contribution in [0.25, 0.3) is 10.8 Å². The highest BCUT2D eigenvalue weighted by Gasteiger charge is 2.04. The normalized spacial score (nSPS) is 11.1. The van der Waals surface area contributed by atoms with E-state index >= 15 is 0 Å². The van der Waals surface area contributed by atoms with Gasteiger partial charge in [0.2, 0.25) is 0 Å². The summed E-state index contributed by atoms with van der Waals surface area (Å²) in [6.07, 6.45) is 1.54. The van der Waals surface area contributed by atoms with Gasteiger partial charge in [-0.05, 0) is 34.5 Å². The van der Waals surface area contributed by atoms with E-state index in [1.807, 2.05) is 19.2 Å². The number of hydrogen-bond donors (Lipinski definition) is 2. The minimum Gasteiger partial charge on any atom is -0.497 e. The van der Waals surface area contributed by atoms with Gasteiger partial charge in [0.05, 0.1) is 13.7 Å². The molecular formula is C18H23IN6O. The van der Waals surface area contributed by atoms with Crippen LogP contribution in [0.3, 0.4) is 0 Å². The summed E-state index contributed by atoms with van der Waals surface area (Å²) in [5, 5.41) is 12.9. The molecule has 0 atom stereocenters. The van der Waals surface area contributed by atoms with Gasteiger partial charge in [-0.1, -0.05) is 18.2 Å². The van der Waals surface area contributed by atoms with Gasteiger partial charge in [0.1, 0.15) is 17.9 Å². The zero-order valence-electron chi connectivity index (χ0n) is 15.1. The Morgan fingerprint density at radius 1 is 1.12 bits per heavy atom. The summed E-state index contributed by atoms with van der Waals surface area (Å²) >= 11 is 0. The number of nitrogens with one attached hydrogen (secondary N) is 2. The van der Waals surface area contributed by atoms with E-state index in [-0.39, 0.29) is 24.0 Å². The first-order valence-electron chi connectivity index (χ1n) is 8.03. The second-order valence-corrected chi connectivity index (χ2v) is 5.63. The van der Waals surface area contributed by atoms with Crippen LogP contribution in [0, 0.1) is 0 Å². The molecule has 3 aromatic rings. The summed E-state index contributed by atoms with van der Waals surface area (Å²) in [4.78, 5) is 8.42. The van der Waals surface area contributed by atoms with Crippen LogP contribution in [-0.4, -0.2) is 34.9 Å². The zero-order chi connectivity index (χ0) is 17.6. The number of aliphatic imine (C=N–C) groups is 1. The molecule has 8 heteroatoms. The molecule has 138 valence electrons. The Morgan fingerprint density at radius 3 is 2.54 bits per heavy atom. The molecule has 2 aromatic carbocycles. The van der Waals surface area contributed by atoms with E-state index in [4.69, 9.17) is 4.74 Å². The summed E-state index contributed by atoms with van der Waals surface area (Å²) in [5.74, 6) is 2.44. The van der Waals surface area contributed by atoms with Gasteiger partial charge >= 0.3 is 0 Å². The van der Waals surface area contributed by atoms with Gasteiger partial charge in [-0.15, -0.1) is 24.0 Å². The Bertz CT molecular complexity index is 892. The smallest absolute Gasteiger partial charge is 0.191 e. The largest absolute Gasteiger partial charge is 0.497 e. The van der Waals surface area contributed by atoms with E-state index in [2.05, 4.69) is 50.0 Å². The van der Waals surface area contributed by atoms with Crippen LogP contribution in [0.1, 0.15) is 11.4 Å². The number of methoxy groups -OCH3 is 1. The molecule has 0 aliphatic heterocycles. The van der Waals surface area contributed by atoms with Crippen LogP contribution in [0.15, 0.2) is 47.7 Å². The van der Waals surface area contributed by atoms with Gasteiger partial charge in [-0.3, -0.25) is 9.67 Å². The number of hydrogen-bond acceptors (Lipinski definition) is 4. The fraction of sp³-hybridized carbons (Fsp3) is 0.278. The highest BCUT2D eigenvalue weighted by Crippen LogP contribution is 2.21. The van der Waals surface area contributed by atoms with E-state index in [0.717, 1.165) is 22.9 Å². The molecule has 0 saturated carbocycles. The van der Waals surface area contributed by atoms with E-state index in [0.29, 0.717) is 13.1 Å². The third-order valence-corrected chi connectivity index (χ3v) is 4.01. The Hall–Kier alpha value is -2.36. The first-order valence-corrected chi connectivity index (χ1v) is 8.03. The van der Waals surface area contributed by atoms with Gasteiger partial charge in [0, 0.05) is 20.6 Å². The van der Waals surface area contributed by atoms with Crippen molar-refractivity contribution in [1.29, 1.82) is 0 Å². The molecule has 7 nitrogen and oxygen atoms in total. The molecule has 0 saturated heterocycles. The number of rotatable bonds is 5. The maximum Gasteiger partial charge on any atom is 0.191 e. The molecule has 1 aromatic heterocycles. The molecule has 0 aliphatic rings. The highest BCUT2D eigenvalue weighted by molar-refractivity contribution is 14.0. The molecule has 0 fully saturated rings. The first kappa shape index (κ1) is 20.0. The van der Waals surface area contributed by atoms with E-state index in [9.17, 15) is 0 Å². The van der Waals surface area contributed by atoms with Gasteiger partial charge in [0.25, 0.3) is 0 Å². The zero-order valence-corrected chi connectivity index (χ0v) is 17.4. The Balaban J connectivity index is 0.00000243. The van der Waals surface area contributed by atoms with Crippen molar-refractivity contribution in [3.63, 3.8) is 0 Å². The number of ether oxygens (including phenoxy) is 1. The van der Waals surface area contributed by atoms with Crippen molar-refractivity contribution < 1.29 is 4.74 Å². The molecule has 0 aliphatic carbocycles. The molecule has 26 heavy (non-hydrogen) atoms. The van der Waals surface area contributed by atoms with Crippen molar-refractivity contribution in [2.45, 2.75) is 13.1 Å². The molecule has 2 N–H and O–H groups in total. The summed E-state index contributed by atoms with van der Waals surface area (Å²) in [7, 11) is 5.29. The Kier molecular flexibility index (Phi) is 7.19. The topological polar surface area (TPSA) is 76.4 Å². The predicted octanol–water partition coefficient (Wildman–Crippen LogP) is 2.46. The monoisotopic (exact) mass is 466 g/mol. The molecular weight excluding hydrogens is 443 g/mol. The number of nitrogens with zero attached hydrogens (tertiary/aromatic N) is 4. The maximum atomic E-state index is 5.26. The van der Waals surface area contributed by atoms with Crippen molar-refractivity contribution in [3.8, 4) is 5.75 Å². The number of fused-ring (bicyclic) bond motifs is 1. The Labute approximate surface area is 169 Å². The van der Waals surface area contributed by atoms with Crippen LogP contribution in [-0.2, 0) is 20.1 Å². The number of aromatic nitrogens is 3. The van der Waals surface area contributed by atoms with E-state index in [1.165, 1.54) is 17.3 Å². The summed E-state index contributed by atoms with van der Waals surface area (Å²) in [6, 6.07) is 12.4. The SMILES string of the molecule is CN=C(NCc1ccc2cc(OC)ccc2c1)NCc1ncnn1C.I. The summed E-state index contributed by atoms with van der Waals surface area (Å²) in [6.45, 7) is 1.24. The number of guanidine groups is 1. The Morgan fingerprint density at radius 2 is 1.85 bits per heavy atom. The van der Waals surface area contributed by atoms with Crippen LogP contribution >= 0.6 is 24.0 Å². The molecule has 3 rings (SSSR count). The minimum absolute atomic E-state index is 0. The maximum absolute atomic E-state index is 5.26. The van der Waals surface area contributed by atoms with Crippen molar-refractivity contribution in [1.82, 2.24) is 25.4 Å². The van der Waals surface area contributed by atoms with Crippen molar-refractivity contribution >= 4 is 40.7 Å². The number of aryl methyl sites for hydroxylation is 1. The van der Waals surface area contributed by atoms with Gasteiger partial charge in [-0.2, -0.15) is 5.10 Å². The first-order chi connectivity index (χ1) is 12.2. The molecule has 0 radical (unpaired) electrons. The fourth-order valence-corrected chi connectivity index (χ4v) is 2.56. The van der Waals surface area contributed by atoms with E-state index in [1.54, 1.807) is 18.8 Å². The van der Waals surface area contributed by atoms with Crippen LogP contribution in [0.5, 0.6) is 5.75 Å². The van der Waals surface area contributed by atoms with Crippen LogP contribution in [0.2, 0.25) is 0 Å². The van der Waals surface area contributed by atoms with Crippen molar-refractivity contribution in [3.05, 3.63) is 54.1 Å². The fourth-order valence-electron chi connectivity index (χ4n) is 2.56. The quantitative estimate of drug-likeness (QED) is 0.343. The second-order valence-electron chi connectivity index (χ2n) is 5.63. The van der Waals surface area contributed by atoms with Crippen molar-refractivity contribution in [2.75, 3.05) is 14.2 Å². The third kappa shape index (κ3) is 4.84. The lowest BCUT2D eigenvalue weighted by atomic mass is 10.1. The summed E-state index contributed by atoms with van der Waals surface area (Å²) < 4.78 is 7.00. The van der Waals surface area contributed by atoms with Crippen LogP contribution < -0.4 is 15.4 Å². The average Bonchev–Trinajstić information content (AvgIpc) is 3.06. The molecule has 0 amide bonds. The van der Waals surface area contributed by atoms with Gasteiger partial charge in [-0.25, -0.2) is 4.98 Å². The predicted molar refractivity (Wildman–Crippen MR) is 114 cm³/mol. The lowest BCUT2D eigenvalue weighted by Gasteiger charge is -2.12. The molecule has 0 unspecified atom stereocenters. The molecule has 0 spiro atoms. The minimum atomic E-state index is 0. The lowest BCUT2D eigenvalue weighted by molar-refractivity contribution is 0.415. The summed E-state index contributed by atoms with van der Waals surface area (Å²) in [5.41, 5.74) is 1.18.